The third-order valence-electron chi connectivity index (χ3n) is 3.25. The number of esters is 1. The summed E-state index contributed by atoms with van der Waals surface area (Å²) in [6.07, 6.45) is -4.27. The Labute approximate surface area is 138 Å². The summed E-state index contributed by atoms with van der Waals surface area (Å²) < 4.78 is 42.6. The Morgan fingerprint density at radius 3 is 2.08 bits per heavy atom. The first kappa shape index (κ1) is 20.0. The van der Waals surface area contributed by atoms with Gasteiger partial charge in [0.2, 0.25) is 0 Å². The molecule has 0 heterocycles. The molecular weight excluding hydrogens is 325 g/mol. The molecule has 0 aliphatic heterocycles. The predicted octanol–water partition coefficient (Wildman–Crippen LogP) is 4.07. The van der Waals surface area contributed by atoms with Crippen molar-refractivity contribution in [2.75, 3.05) is 0 Å². The summed E-state index contributed by atoms with van der Waals surface area (Å²) in [4.78, 5) is 23.0. The van der Waals surface area contributed by atoms with Gasteiger partial charge in [-0.15, -0.1) is 0 Å². The smallest absolute Gasteiger partial charge is 0.416 e. The standard InChI is InChI=1S/C17H21F3O4/c1-16(2,3)24-14(21)10-12(15(22)23)7-4-11-5-8-13(9-6-11)17(18,19)20/h5-6,8-9,12H,4,7,10H2,1-3H3,(H,22,23)/t12-/m0/s1. The van der Waals surface area contributed by atoms with Crippen LogP contribution in [0.1, 0.15) is 44.7 Å². The van der Waals surface area contributed by atoms with E-state index in [-0.39, 0.29) is 19.3 Å². The molecule has 0 radical (unpaired) electrons. The lowest BCUT2D eigenvalue weighted by Gasteiger charge is -2.21. The molecule has 24 heavy (non-hydrogen) atoms. The predicted molar refractivity (Wildman–Crippen MR) is 81.4 cm³/mol. The van der Waals surface area contributed by atoms with Gasteiger partial charge in [0.1, 0.15) is 5.60 Å². The van der Waals surface area contributed by atoms with Crippen LogP contribution in [0.15, 0.2) is 24.3 Å². The van der Waals surface area contributed by atoms with E-state index in [0.717, 1.165) is 12.1 Å². The summed E-state index contributed by atoms with van der Waals surface area (Å²) in [6, 6.07) is 4.54. The third-order valence-corrected chi connectivity index (χ3v) is 3.25. The van der Waals surface area contributed by atoms with Crippen molar-refractivity contribution < 1.29 is 32.6 Å². The third kappa shape index (κ3) is 7.02. The van der Waals surface area contributed by atoms with Gasteiger partial charge < -0.3 is 9.84 Å². The molecule has 0 bridgehead atoms. The van der Waals surface area contributed by atoms with Gasteiger partial charge in [-0.1, -0.05) is 12.1 Å². The average Bonchev–Trinajstić information content (AvgIpc) is 2.40. The number of halogens is 3. The molecule has 134 valence electrons. The summed E-state index contributed by atoms with van der Waals surface area (Å²) in [6.45, 7) is 5.05. The van der Waals surface area contributed by atoms with Gasteiger partial charge in [0.25, 0.3) is 0 Å². The fourth-order valence-corrected chi connectivity index (χ4v) is 2.10. The minimum atomic E-state index is -4.40. The molecule has 1 aromatic carbocycles. The van der Waals surface area contributed by atoms with Gasteiger partial charge in [-0.2, -0.15) is 13.2 Å². The summed E-state index contributed by atoms with van der Waals surface area (Å²) in [5, 5.41) is 9.19. The maximum absolute atomic E-state index is 12.5. The molecule has 0 aliphatic rings. The van der Waals surface area contributed by atoms with Gasteiger partial charge in [-0.05, 0) is 51.3 Å². The van der Waals surface area contributed by atoms with E-state index in [2.05, 4.69) is 0 Å². The molecule has 1 aromatic rings. The van der Waals surface area contributed by atoms with Crippen molar-refractivity contribution in [1.29, 1.82) is 0 Å². The molecule has 0 spiro atoms. The Morgan fingerprint density at radius 2 is 1.67 bits per heavy atom. The zero-order valence-corrected chi connectivity index (χ0v) is 13.8. The van der Waals surface area contributed by atoms with Crippen molar-refractivity contribution in [3.05, 3.63) is 35.4 Å². The number of hydrogen-bond acceptors (Lipinski definition) is 3. The van der Waals surface area contributed by atoms with E-state index in [0.29, 0.717) is 5.56 Å². The molecule has 1 atom stereocenters. The Morgan fingerprint density at radius 1 is 1.12 bits per heavy atom. The Balaban J connectivity index is 2.64. The zero-order valence-electron chi connectivity index (χ0n) is 13.8. The Hall–Kier alpha value is -2.05. The maximum Gasteiger partial charge on any atom is 0.416 e. The van der Waals surface area contributed by atoms with Gasteiger partial charge in [0, 0.05) is 0 Å². The van der Waals surface area contributed by atoms with Crippen LogP contribution >= 0.6 is 0 Å². The molecule has 0 unspecified atom stereocenters. The Bertz CT molecular complexity index is 571. The molecule has 1 rings (SSSR count). The van der Waals surface area contributed by atoms with Crippen LogP contribution in [0.3, 0.4) is 0 Å². The van der Waals surface area contributed by atoms with Gasteiger partial charge in [0.05, 0.1) is 17.9 Å². The van der Waals surface area contributed by atoms with E-state index in [1.807, 2.05) is 0 Å². The second kappa shape index (κ2) is 7.68. The number of benzene rings is 1. The number of ether oxygens (including phenoxy) is 1. The second-order valence-electron chi connectivity index (χ2n) is 6.56. The van der Waals surface area contributed by atoms with Crippen molar-refractivity contribution in [3.8, 4) is 0 Å². The lowest BCUT2D eigenvalue weighted by molar-refractivity contribution is -0.159. The molecule has 0 saturated carbocycles. The molecule has 7 heteroatoms. The number of carboxylic acids is 1. The van der Waals surface area contributed by atoms with Crippen LogP contribution in [0, 0.1) is 5.92 Å². The number of carboxylic acid groups (broad SMARTS) is 1. The van der Waals surface area contributed by atoms with Crippen LogP contribution in [0.2, 0.25) is 0 Å². The summed E-state index contributed by atoms with van der Waals surface area (Å²) in [5.74, 6) is -2.68. The number of aliphatic carboxylic acids is 1. The quantitative estimate of drug-likeness (QED) is 0.789. The highest BCUT2D eigenvalue weighted by atomic mass is 19.4. The molecule has 0 aromatic heterocycles. The molecule has 1 N–H and O–H groups in total. The maximum atomic E-state index is 12.5. The molecule has 0 amide bonds. The van der Waals surface area contributed by atoms with E-state index in [4.69, 9.17) is 4.74 Å². The topological polar surface area (TPSA) is 63.6 Å². The van der Waals surface area contributed by atoms with Crippen molar-refractivity contribution in [3.63, 3.8) is 0 Å². The lowest BCUT2D eigenvalue weighted by atomic mass is 9.96. The van der Waals surface area contributed by atoms with Gasteiger partial charge >= 0.3 is 18.1 Å². The van der Waals surface area contributed by atoms with E-state index in [9.17, 15) is 27.9 Å². The van der Waals surface area contributed by atoms with Crippen LogP contribution < -0.4 is 0 Å². The van der Waals surface area contributed by atoms with Crippen molar-refractivity contribution >= 4 is 11.9 Å². The Kier molecular flexibility index (Phi) is 6.40. The van der Waals surface area contributed by atoms with Gasteiger partial charge in [-0.25, -0.2) is 0 Å². The van der Waals surface area contributed by atoms with E-state index in [1.54, 1.807) is 20.8 Å². The average molecular weight is 346 g/mol. The minimum Gasteiger partial charge on any atom is -0.481 e. The highest BCUT2D eigenvalue weighted by Gasteiger charge is 2.30. The van der Waals surface area contributed by atoms with Crippen molar-refractivity contribution in [1.82, 2.24) is 0 Å². The first-order valence-corrected chi connectivity index (χ1v) is 7.49. The normalized spacial score (nSPS) is 13.4. The number of carbonyl (C=O) groups is 2. The summed E-state index contributed by atoms with van der Waals surface area (Å²) in [7, 11) is 0. The van der Waals surface area contributed by atoms with Crippen LogP contribution in [0.25, 0.3) is 0 Å². The summed E-state index contributed by atoms with van der Waals surface area (Å²) in [5.41, 5.74) is -0.874. The molecule has 0 saturated heterocycles. The van der Waals surface area contributed by atoms with Crippen LogP contribution in [-0.2, 0) is 26.9 Å². The highest BCUT2D eigenvalue weighted by molar-refractivity contribution is 5.79. The van der Waals surface area contributed by atoms with Crippen LogP contribution in [0.5, 0.6) is 0 Å². The van der Waals surface area contributed by atoms with E-state index in [1.165, 1.54) is 12.1 Å². The van der Waals surface area contributed by atoms with Crippen molar-refractivity contribution in [2.24, 2.45) is 5.92 Å². The van der Waals surface area contributed by atoms with Crippen LogP contribution in [-0.4, -0.2) is 22.6 Å². The molecule has 0 aliphatic carbocycles. The molecular formula is C17H21F3O4. The minimum absolute atomic E-state index is 0.139. The highest BCUT2D eigenvalue weighted by Crippen LogP contribution is 2.29. The number of carbonyl (C=O) groups excluding carboxylic acids is 1. The fraction of sp³-hybridized carbons (Fsp3) is 0.529. The molecule has 4 nitrogen and oxygen atoms in total. The van der Waals surface area contributed by atoms with Gasteiger partial charge in [0.15, 0.2) is 0 Å². The number of rotatable bonds is 6. The number of hydrogen-bond donors (Lipinski definition) is 1. The first-order chi connectivity index (χ1) is 10.9. The second-order valence-corrected chi connectivity index (χ2v) is 6.56. The zero-order chi connectivity index (χ0) is 18.5. The first-order valence-electron chi connectivity index (χ1n) is 7.49. The molecule has 0 fully saturated rings. The largest absolute Gasteiger partial charge is 0.481 e. The fourth-order valence-electron chi connectivity index (χ4n) is 2.10. The van der Waals surface area contributed by atoms with E-state index < -0.39 is 35.2 Å². The van der Waals surface area contributed by atoms with Gasteiger partial charge in [-0.3, -0.25) is 9.59 Å². The summed E-state index contributed by atoms with van der Waals surface area (Å²) >= 11 is 0. The van der Waals surface area contributed by atoms with Crippen LogP contribution in [0.4, 0.5) is 13.2 Å². The monoisotopic (exact) mass is 346 g/mol. The number of alkyl halides is 3. The van der Waals surface area contributed by atoms with E-state index >= 15 is 0 Å². The lowest BCUT2D eigenvalue weighted by Crippen LogP contribution is -2.27. The SMILES string of the molecule is CC(C)(C)OC(=O)C[C@H](CCc1ccc(C(F)(F)F)cc1)C(=O)O. The van der Waals surface area contributed by atoms with Crippen molar-refractivity contribution in [2.45, 2.75) is 51.8 Å². The number of aryl methyl sites for hydroxylation is 1.